The quantitative estimate of drug-likeness (QED) is 0.424. The molecule has 1 saturated heterocycles. The van der Waals surface area contributed by atoms with Crippen LogP contribution in [0.2, 0.25) is 10.0 Å². The normalized spacial score (nSPS) is 14.6. The number of nitrogens with one attached hydrogen (secondary N) is 1. The van der Waals surface area contributed by atoms with Gasteiger partial charge >= 0.3 is 0 Å². The molecule has 1 N–H and O–H groups in total. The zero-order valence-electron chi connectivity index (χ0n) is 18.5. The van der Waals surface area contributed by atoms with Crippen molar-refractivity contribution >= 4 is 39.0 Å². The number of ether oxygens (including phenoxy) is 2. The Bertz CT molecular complexity index is 1270. The SMILES string of the molecule is COc1nc(Oc2cccc(CN3CCCCC3)c2)cnc1NS(=O)(=O)c1cccc(Cl)c1Cl. The van der Waals surface area contributed by atoms with E-state index in [2.05, 4.69) is 25.7 Å². The summed E-state index contributed by atoms with van der Waals surface area (Å²) in [6, 6.07) is 12.1. The highest BCUT2D eigenvalue weighted by Crippen LogP contribution is 2.32. The molecule has 0 bridgehead atoms. The third-order valence-corrected chi connectivity index (χ3v) is 7.64. The Hall–Kier alpha value is -2.59. The number of nitrogens with zero attached hydrogens (tertiary/aromatic N) is 3. The molecule has 8 nitrogen and oxygen atoms in total. The van der Waals surface area contributed by atoms with Crippen LogP contribution in [0.15, 0.2) is 53.6 Å². The van der Waals surface area contributed by atoms with Gasteiger partial charge in [-0.05, 0) is 55.8 Å². The van der Waals surface area contributed by atoms with E-state index in [9.17, 15) is 8.42 Å². The fourth-order valence-corrected chi connectivity index (χ4v) is 5.47. The van der Waals surface area contributed by atoms with Crippen LogP contribution >= 0.6 is 23.2 Å². The van der Waals surface area contributed by atoms with Crippen molar-refractivity contribution in [3.63, 3.8) is 0 Å². The maximum atomic E-state index is 12.8. The summed E-state index contributed by atoms with van der Waals surface area (Å²) in [5, 5.41) is 0.0295. The van der Waals surface area contributed by atoms with Crippen LogP contribution in [0.25, 0.3) is 0 Å². The zero-order valence-corrected chi connectivity index (χ0v) is 20.8. The largest absolute Gasteiger partial charge is 0.478 e. The summed E-state index contributed by atoms with van der Waals surface area (Å²) in [5.41, 5.74) is 1.14. The van der Waals surface area contributed by atoms with E-state index in [0.29, 0.717) is 5.75 Å². The van der Waals surface area contributed by atoms with Gasteiger partial charge in [-0.2, -0.15) is 4.98 Å². The molecule has 34 heavy (non-hydrogen) atoms. The molecule has 0 atom stereocenters. The molecule has 3 aromatic rings. The van der Waals surface area contributed by atoms with Crippen LogP contribution in [0.3, 0.4) is 0 Å². The summed E-state index contributed by atoms with van der Waals surface area (Å²) in [6.45, 7) is 3.07. The standard InChI is InChI=1S/C23H24Cl2N4O4S/c1-32-23-22(28-34(30,31)19-10-6-9-18(24)21(19)25)26-14-20(27-23)33-17-8-5-7-16(13-17)15-29-11-3-2-4-12-29/h5-10,13-14H,2-4,11-12,15H2,1H3,(H,26,28). The van der Waals surface area contributed by atoms with Crippen molar-refractivity contribution in [1.82, 2.24) is 14.9 Å². The summed E-state index contributed by atoms with van der Waals surface area (Å²) < 4.78 is 39.1. The molecule has 0 saturated carbocycles. The summed E-state index contributed by atoms with van der Waals surface area (Å²) >= 11 is 12.0. The molecular formula is C23H24Cl2N4O4S. The maximum Gasteiger partial charge on any atom is 0.264 e. The van der Waals surface area contributed by atoms with E-state index in [1.54, 1.807) is 0 Å². The van der Waals surface area contributed by atoms with Crippen molar-refractivity contribution in [2.75, 3.05) is 24.9 Å². The van der Waals surface area contributed by atoms with Gasteiger partial charge in [0.1, 0.15) is 10.6 Å². The molecule has 0 spiro atoms. The van der Waals surface area contributed by atoms with Gasteiger partial charge in [-0.1, -0.05) is 47.8 Å². The van der Waals surface area contributed by atoms with Crippen molar-refractivity contribution in [2.24, 2.45) is 0 Å². The van der Waals surface area contributed by atoms with Gasteiger partial charge < -0.3 is 9.47 Å². The first-order valence-corrected chi connectivity index (χ1v) is 13.0. The topological polar surface area (TPSA) is 93.7 Å². The van der Waals surface area contributed by atoms with Crippen LogP contribution in [0, 0.1) is 0 Å². The average Bonchev–Trinajstić information content (AvgIpc) is 2.82. The van der Waals surface area contributed by atoms with Gasteiger partial charge in [0.25, 0.3) is 15.9 Å². The third-order valence-electron chi connectivity index (χ3n) is 5.32. The lowest BCUT2D eigenvalue weighted by Crippen LogP contribution is -2.29. The van der Waals surface area contributed by atoms with Crippen molar-refractivity contribution in [2.45, 2.75) is 30.7 Å². The summed E-state index contributed by atoms with van der Waals surface area (Å²) in [7, 11) is -2.73. The number of aromatic nitrogens is 2. The van der Waals surface area contributed by atoms with Gasteiger partial charge in [-0.15, -0.1) is 0 Å². The Kier molecular flexibility index (Phi) is 7.77. The number of hydrogen-bond acceptors (Lipinski definition) is 7. The van der Waals surface area contributed by atoms with Gasteiger partial charge in [0, 0.05) is 6.54 Å². The van der Waals surface area contributed by atoms with E-state index in [1.807, 2.05) is 18.2 Å². The number of rotatable bonds is 8. The highest BCUT2D eigenvalue weighted by Gasteiger charge is 2.23. The molecule has 1 aliphatic heterocycles. The van der Waals surface area contributed by atoms with E-state index in [4.69, 9.17) is 32.7 Å². The first-order valence-electron chi connectivity index (χ1n) is 10.7. The Balaban J connectivity index is 1.50. The molecule has 1 aromatic heterocycles. The van der Waals surface area contributed by atoms with Gasteiger partial charge in [0.2, 0.25) is 11.7 Å². The fraction of sp³-hybridized carbons (Fsp3) is 0.304. The van der Waals surface area contributed by atoms with Gasteiger partial charge in [0.15, 0.2) is 0 Å². The molecule has 2 heterocycles. The molecule has 180 valence electrons. The lowest BCUT2D eigenvalue weighted by Gasteiger charge is -2.26. The van der Waals surface area contributed by atoms with Crippen LogP contribution in [-0.2, 0) is 16.6 Å². The van der Waals surface area contributed by atoms with E-state index < -0.39 is 10.0 Å². The van der Waals surface area contributed by atoms with Crippen LogP contribution in [0.4, 0.5) is 5.82 Å². The molecule has 4 rings (SSSR count). The second-order valence-electron chi connectivity index (χ2n) is 7.81. The minimum Gasteiger partial charge on any atom is -0.478 e. The Labute approximate surface area is 208 Å². The second kappa shape index (κ2) is 10.8. The first-order chi connectivity index (χ1) is 16.4. The van der Waals surface area contributed by atoms with Gasteiger partial charge in [-0.3, -0.25) is 9.62 Å². The van der Waals surface area contributed by atoms with E-state index >= 15 is 0 Å². The minimum absolute atomic E-state index is 0.0521. The van der Waals surface area contributed by atoms with E-state index in [0.717, 1.165) is 25.2 Å². The number of anilines is 1. The number of benzene rings is 2. The molecule has 1 fully saturated rings. The highest BCUT2D eigenvalue weighted by atomic mass is 35.5. The summed E-state index contributed by atoms with van der Waals surface area (Å²) in [5.74, 6) is 0.606. The monoisotopic (exact) mass is 522 g/mol. The first kappa shape index (κ1) is 24.5. The molecular weight excluding hydrogens is 499 g/mol. The lowest BCUT2D eigenvalue weighted by atomic mass is 10.1. The van der Waals surface area contributed by atoms with E-state index in [-0.39, 0.29) is 32.5 Å². The minimum atomic E-state index is -4.08. The zero-order chi connectivity index (χ0) is 24.1. The van der Waals surface area contributed by atoms with E-state index in [1.165, 1.54) is 50.8 Å². The summed E-state index contributed by atoms with van der Waals surface area (Å²) in [4.78, 5) is 10.6. The van der Waals surface area contributed by atoms with Crippen LogP contribution in [0.5, 0.6) is 17.5 Å². The fourth-order valence-electron chi connectivity index (χ4n) is 3.70. The number of methoxy groups -OCH3 is 1. The van der Waals surface area contributed by atoms with Crippen molar-refractivity contribution in [3.8, 4) is 17.5 Å². The number of likely N-dealkylation sites (tertiary alicyclic amines) is 1. The second-order valence-corrected chi connectivity index (χ2v) is 10.2. The molecule has 11 heteroatoms. The molecule has 2 aromatic carbocycles. The number of sulfonamides is 1. The van der Waals surface area contributed by atoms with Crippen LogP contribution in [0.1, 0.15) is 24.8 Å². The van der Waals surface area contributed by atoms with Gasteiger partial charge in [-0.25, -0.2) is 13.4 Å². The van der Waals surface area contributed by atoms with Crippen LogP contribution in [-0.4, -0.2) is 43.5 Å². The smallest absolute Gasteiger partial charge is 0.264 e. The maximum absolute atomic E-state index is 12.8. The molecule has 0 radical (unpaired) electrons. The molecule has 0 unspecified atom stereocenters. The van der Waals surface area contributed by atoms with Crippen LogP contribution < -0.4 is 14.2 Å². The Morgan fingerprint density at radius 2 is 1.85 bits per heavy atom. The van der Waals surface area contributed by atoms with Crippen molar-refractivity contribution in [1.29, 1.82) is 0 Å². The summed E-state index contributed by atoms with van der Waals surface area (Å²) in [6.07, 6.45) is 5.06. The molecule has 0 aliphatic carbocycles. The molecule has 0 amide bonds. The predicted molar refractivity (Wildman–Crippen MR) is 131 cm³/mol. The lowest BCUT2D eigenvalue weighted by molar-refractivity contribution is 0.220. The number of halogens is 2. The van der Waals surface area contributed by atoms with Crippen molar-refractivity contribution < 1.29 is 17.9 Å². The Morgan fingerprint density at radius 1 is 1.09 bits per heavy atom. The van der Waals surface area contributed by atoms with Gasteiger partial charge in [0.05, 0.1) is 23.4 Å². The van der Waals surface area contributed by atoms with Crippen molar-refractivity contribution in [3.05, 3.63) is 64.3 Å². The third kappa shape index (κ3) is 5.90. The number of hydrogen-bond donors (Lipinski definition) is 1. The predicted octanol–water partition coefficient (Wildman–Crippen LogP) is 5.37. The Morgan fingerprint density at radius 3 is 2.62 bits per heavy atom. The molecule has 1 aliphatic rings. The highest BCUT2D eigenvalue weighted by molar-refractivity contribution is 7.92. The average molecular weight is 523 g/mol. The number of piperidine rings is 1.